The lowest BCUT2D eigenvalue weighted by Gasteiger charge is -2.24. The van der Waals surface area contributed by atoms with E-state index in [1.807, 2.05) is 0 Å². The molecule has 1 unspecified atom stereocenters. The molecule has 0 saturated carbocycles. The molecule has 0 amide bonds. The van der Waals surface area contributed by atoms with E-state index in [0.717, 1.165) is 5.52 Å². The van der Waals surface area contributed by atoms with Crippen molar-refractivity contribution in [3.8, 4) is 0 Å². The van der Waals surface area contributed by atoms with Gasteiger partial charge in [-0.25, -0.2) is 9.59 Å². The third-order valence-corrected chi connectivity index (χ3v) is 3.50. The predicted molar refractivity (Wildman–Crippen MR) is 76.4 cm³/mol. The molecule has 2 aromatic rings. The number of rotatable bonds is 7. The van der Waals surface area contributed by atoms with E-state index >= 15 is 0 Å². The molecule has 22 heavy (non-hydrogen) atoms. The zero-order valence-electron chi connectivity index (χ0n) is 11.4. The quantitative estimate of drug-likeness (QED) is 0.565. The highest BCUT2D eigenvalue weighted by Gasteiger charge is 2.41. The van der Waals surface area contributed by atoms with Crippen molar-refractivity contribution in [3.05, 3.63) is 40.9 Å². The van der Waals surface area contributed by atoms with Crippen molar-refractivity contribution in [1.82, 2.24) is 4.98 Å². The van der Waals surface area contributed by atoms with Crippen LogP contribution in [-0.4, -0.2) is 43.9 Å². The van der Waals surface area contributed by atoms with Gasteiger partial charge in [0.25, 0.3) is 0 Å². The first-order valence-electron chi connectivity index (χ1n) is 6.43. The molecule has 0 spiro atoms. The van der Waals surface area contributed by atoms with Crippen LogP contribution in [0, 0.1) is 4.91 Å². The highest BCUT2D eigenvalue weighted by molar-refractivity contribution is 5.85. The van der Waals surface area contributed by atoms with Gasteiger partial charge in [-0.05, 0) is 11.6 Å². The number of carboxylic acids is 2. The van der Waals surface area contributed by atoms with Crippen LogP contribution < -0.4 is 0 Å². The molecule has 1 aromatic heterocycles. The number of aliphatic hydroxyl groups is 1. The number of aromatic nitrogens is 1. The topological polar surface area (TPSA) is 140 Å². The second kappa shape index (κ2) is 5.94. The zero-order chi connectivity index (χ0) is 16.3. The van der Waals surface area contributed by atoms with Crippen molar-refractivity contribution in [2.24, 2.45) is 5.18 Å². The monoisotopic (exact) mass is 306 g/mol. The summed E-state index contributed by atoms with van der Waals surface area (Å²) in [5, 5.41) is 31.4. The van der Waals surface area contributed by atoms with Gasteiger partial charge in [0, 0.05) is 29.9 Å². The summed E-state index contributed by atoms with van der Waals surface area (Å²) in [4.78, 5) is 35.7. The Labute approximate surface area is 124 Å². The molecule has 0 aliphatic carbocycles. The number of hydrogen-bond acceptors (Lipinski definition) is 5. The van der Waals surface area contributed by atoms with E-state index in [-0.39, 0.29) is 6.42 Å². The van der Waals surface area contributed by atoms with Gasteiger partial charge >= 0.3 is 11.9 Å². The molecular formula is C14H14N2O6. The Hall–Kier alpha value is -2.74. The Bertz CT molecular complexity index is 725. The molecule has 0 bridgehead atoms. The number of fused-ring (bicyclic) bond motifs is 1. The molecule has 0 aliphatic rings. The summed E-state index contributed by atoms with van der Waals surface area (Å²) in [6, 6.07) is 5.25. The first-order chi connectivity index (χ1) is 10.4. The maximum absolute atomic E-state index is 11.4. The third-order valence-electron chi connectivity index (χ3n) is 3.50. The van der Waals surface area contributed by atoms with Gasteiger partial charge in [0.1, 0.15) is 0 Å². The van der Waals surface area contributed by atoms with Crippen LogP contribution in [0.15, 0.2) is 35.6 Å². The van der Waals surface area contributed by atoms with Crippen LogP contribution >= 0.6 is 0 Å². The number of nitroso groups, excluding NO2 is 1. The van der Waals surface area contributed by atoms with Crippen LogP contribution in [0.25, 0.3) is 10.9 Å². The standard InChI is InChI=1S/C14H14N2O6/c17-12(18)11(16-22)6-14(21,13(19)20)5-8-7-15-10-4-2-1-3-9(8)10/h1-4,7,11,15,21H,5-6H2,(H,17,18)(H,19,20)/t11?,14-/m1/s1. The highest BCUT2D eigenvalue weighted by Crippen LogP contribution is 2.26. The van der Waals surface area contributed by atoms with E-state index in [2.05, 4.69) is 10.2 Å². The molecule has 4 N–H and O–H groups in total. The first kappa shape index (κ1) is 15.6. The molecule has 8 heteroatoms. The van der Waals surface area contributed by atoms with Crippen molar-refractivity contribution in [3.63, 3.8) is 0 Å². The van der Waals surface area contributed by atoms with E-state index in [9.17, 15) is 24.7 Å². The Balaban J connectivity index is 2.34. The van der Waals surface area contributed by atoms with Crippen LogP contribution in [0.3, 0.4) is 0 Å². The molecule has 1 aromatic carbocycles. The van der Waals surface area contributed by atoms with Gasteiger partial charge in [0.05, 0.1) is 0 Å². The van der Waals surface area contributed by atoms with Crippen molar-refractivity contribution in [1.29, 1.82) is 0 Å². The van der Waals surface area contributed by atoms with E-state index in [1.165, 1.54) is 0 Å². The maximum Gasteiger partial charge on any atom is 0.336 e. The van der Waals surface area contributed by atoms with Crippen LogP contribution in [0.4, 0.5) is 0 Å². The molecule has 0 aliphatic heterocycles. The van der Waals surface area contributed by atoms with Crippen LogP contribution in [0.2, 0.25) is 0 Å². The maximum atomic E-state index is 11.4. The fourth-order valence-electron chi connectivity index (χ4n) is 2.32. The third kappa shape index (κ3) is 2.96. The predicted octanol–water partition coefficient (Wildman–Crippen LogP) is 1.14. The number of benzene rings is 1. The van der Waals surface area contributed by atoms with Crippen LogP contribution in [-0.2, 0) is 16.0 Å². The average Bonchev–Trinajstić information content (AvgIpc) is 2.87. The summed E-state index contributed by atoms with van der Waals surface area (Å²) in [5.74, 6) is -3.18. The summed E-state index contributed by atoms with van der Waals surface area (Å²) >= 11 is 0. The van der Waals surface area contributed by atoms with E-state index in [4.69, 9.17) is 5.11 Å². The van der Waals surface area contributed by atoms with Crippen molar-refractivity contribution in [2.75, 3.05) is 0 Å². The minimum absolute atomic E-state index is 0.342. The number of nitrogens with zero attached hydrogens (tertiary/aromatic N) is 1. The smallest absolute Gasteiger partial charge is 0.336 e. The lowest BCUT2D eigenvalue weighted by Crippen LogP contribution is -2.45. The number of hydrogen-bond donors (Lipinski definition) is 4. The van der Waals surface area contributed by atoms with E-state index in [1.54, 1.807) is 30.5 Å². The van der Waals surface area contributed by atoms with Gasteiger partial charge in [-0.2, -0.15) is 0 Å². The van der Waals surface area contributed by atoms with Gasteiger partial charge in [-0.3, -0.25) is 0 Å². The van der Waals surface area contributed by atoms with Crippen LogP contribution in [0.1, 0.15) is 12.0 Å². The van der Waals surface area contributed by atoms with Crippen molar-refractivity contribution in [2.45, 2.75) is 24.5 Å². The summed E-state index contributed by atoms with van der Waals surface area (Å²) in [5.41, 5.74) is -1.13. The molecular weight excluding hydrogens is 292 g/mol. The SMILES string of the molecule is O=NC(C[C@](O)(Cc1c[nH]c2ccccc12)C(=O)O)C(=O)O. The second-order valence-electron chi connectivity index (χ2n) is 5.04. The Morgan fingerprint density at radius 3 is 2.55 bits per heavy atom. The summed E-state index contributed by atoms with van der Waals surface area (Å²) in [7, 11) is 0. The lowest BCUT2D eigenvalue weighted by molar-refractivity contribution is -0.160. The molecule has 2 atom stereocenters. The van der Waals surface area contributed by atoms with Gasteiger partial charge in [-0.15, -0.1) is 4.91 Å². The summed E-state index contributed by atoms with van der Waals surface area (Å²) in [6.45, 7) is 0. The number of nitrogens with one attached hydrogen (secondary N) is 1. The number of para-hydroxylation sites is 1. The summed E-state index contributed by atoms with van der Waals surface area (Å²) in [6.07, 6.45) is 0.398. The molecule has 0 radical (unpaired) electrons. The zero-order valence-corrected chi connectivity index (χ0v) is 11.4. The van der Waals surface area contributed by atoms with Crippen molar-refractivity contribution < 1.29 is 24.9 Å². The van der Waals surface area contributed by atoms with E-state index in [0.29, 0.717) is 10.9 Å². The van der Waals surface area contributed by atoms with Crippen molar-refractivity contribution >= 4 is 22.8 Å². The molecule has 116 valence electrons. The van der Waals surface area contributed by atoms with Gasteiger partial charge in [0.2, 0.25) is 0 Å². The number of carbonyl (C=O) groups is 2. The Morgan fingerprint density at radius 1 is 1.27 bits per heavy atom. The fourth-order valence-corrected chi connectivity index (χ4v) is 2.32. The highest BCUT2D eigenvalue weighted by atomic mass is 16.4. The van der Waals surface area contributed by atoms with Crippen LogP contribution in [0.5, 0.6) is 0 Å². The molecule has 8 nitrogen and oxygen atoms in total. The number of aromatic amines is 1. The molecule has 1 heterocycles. The largest absolute Gasteiger partial charge is 0.480 e. The van der Waals surface area contributed by atoms with Gasteiger partial charge in [-0.1, -0.05) is 23.4 Å². The average molecular weight is 306 g/mol. The first-order valence-corrected chi connectivity index (χ1v) is 6.43. The number of H-pyrrole nitrogens is 1. The van der Waals surface area contributed by atoms with E-state index < -0.39 is 30.0 Å². The fraction of sp³-hybridized carbons (Fsp3) is 0.286. The second-order valence-corrected chi connectivity index (χ2v) is 5.04. The summed E-state index contributed by atoms with van der Waals surface area (Å²) < 4.78 is 0. The minimum Gasteiger partial charge on any atom is -0.480 e. The number of carboxylic acid groups (broad SMARTS) is 2. The number of aliphatic carboxylic acids is 2. The lowest BCUT2D eigenvalue weighted by atomic mass is 9.88. The minimum atomic E-state index is -2.40. The Morgan fingerprint density at radius 2 is 1.95 bits per heavy atom. The Kier molecular flexibility index (Phi) is 4.22. The molecule has 0 fully saturated rings. The van der Waals surface area contributed by atoms with Gasteiger partial charge in [0.15, 0.2) is 11.6 Å². The van der Waals surface area contributed by atoms with Gasteiger partial charge < -0.3 is 20.3 Å². The molecule has 0 saturated heterocycles. The molecule has 2 rings (SSSR count). The normalized spacial score (nSPS) is 15.1.